The first kappa shape index (κ1) is 12.0. The van der Waals surface area contributed by atoms with E-state index in [1.807, 2.05) is 0 Å². The van der Waals surface area contributed by atoms with Gasteiger partial charge in [0.15, 0.2) is 5.78 Å². The van der Waals surface area contributed by atoms with Crippen molar-refractivity contribution in [2.24, 2.45) is 0 Å². The zero-order valence-electron chi connectivity index (χ0n) is 9.59. The van der Waals surface area contributed by atoms with Crippen LogP contribution in [0.5, 0.6) is 0 Å². The number of piperazine rings is 1. The number of ketones is 1. The molecule has 0 atom stereocenters. The number of anilines is 1. The lowest BCUT2D eigenvalue weighted by molar-refractivity contribution is 0.101. The van der Waals surface area contributed by atoms with Crippen molar-refractivity contribution in [1.82, 2.24) is 5.32 Å². The highest BCUT2D eigenvalue weighted by molar-refractivity contribution is 5.94. The van der Waals surface area contributed by atoms with Crippen LogP contribution in [-0.2, 0) is 0 Å². The summed E-state index contributed by atoms with van der Waals surface area (Å²) in [7, 11) is 0. The molecule has 0 saturated carbocycles. The van der Waals surface area contributed by atoms with Crippen molar-refractivity contribution in [3.05, 3.63) is 29.3 Å². The minimum absolute atomic E-state index is 0.0310. The maximum absolute atomic E-state index is 13.8. The predicted molar refractivity (Wildman–Crippen MR) is 61.4 cm³/mol. The third-order valence-corrected chi connectivity index (χ3v) is 2.86. The molecule has 5 heteroatoms. The standard InChI is InChI=1S/C12H14F2N2O/c1-8(17)9-6-10(13)12(11(14)7-9)16-4-2-15-3-5-16/h6-7,15H,2-5H2,1H3. The summed E-state index contributed by atoms with van der Waals surface area (Å²) in [6, 6.07) is 2.20. The number of nitrogens with zero attached hydrogens (tertiary/aromatic N) is 1. The lowest BCUT2D eigenvalue weighted by Gasteiger charge is -2.30. The predicted octanol–water partition coefficient (Wildman–Crippen LogP) is 1.58. The molecular weight excluding hydrogens is 226 g/mol. The molecule has 0 amide bonds. The van der Waals surface area contributed by atoms with Crippen LogP contribution in [0.3, 0.4) is 0 Å². The molecule has 1 heterocycles. The number of hydrogen-bond donors (Lipinski definition) is 1. The molecule has 1 aromatic carbocycles. The Kier molecular flexibility index (Phi) is 3.38. The molecule has 1 fully saturated rings. The fourth-order valence-electron chi connectivity index (χ4n) is 1.96. The summed E-state index contributed by atoms with van der Waals surface area (Å²) < 4.78 is 27.6. The molecule has 1 N–H and O–H groups in total. The van der Waals surface area contributed by atoms with Crippen LogP contribution in [0.2, 0.25) is 0 Å². The molecule has 0 unspecified atom stereocenters. The van der Waals surface area contributed by atoms with Gasteiger partial charge in [-0.15, -0.1) is 0 Å². The van der Waals surface area contributed by atoms with E-state index >= 15 is 0 Å². The molecule has 0 aromatic heterocycles. The third-order valence-electron chi connectivity index (χ3n) is 2.86. The van der Waals surface area contributed by atoms with E-state index in [4.69, 9.17) is 0 Å². The Morgan fingerprint density at radius 3 is 2.24 bits per heavy atom. The molecule has 92 valence electrons. The van der Waals surface area contributed by atoms with Crippen molar-refractivity contribution in [2.45, 2.75) is 6.92 Å². The van der Waals surface area contributed by atoms with Gasteiger partial charge in [-0.2, -0.15) is 0 Å². The summed E-state index contributed by atoms with van der Waals surface area (Å²) in [4.78, 5) is 12.7. The second-order valence-electron chi connectivity index (χ2n) is 4.08. The Hall–Kier alpha value is -1.49. The van der Waals surface area contributed by atoms with Crippen LogP contribution >= 0.6 is 0 Å². The highest BCUT2D eigenvalue weighted by Gasteiger charge is 2.20. The van der Waals surface area contributed by atoms with Gasteiger partial charge < -0.3 is 10.2 Å². The second kappa shape index (κ2) is 4.79. The largest absolute Gasteiger partial charge is 0.364 e. The average molecular weight is 240 g/mol. The van der Waals surface area contributed by atoms with E-state index in [1.165, 1.54) is 6.92 Å². The number of halogens is 2. The molecule has 0 spiro atoms. The van der Waals surface area contributed by atoms with Crippen LogP contribution in [-0.4, -0.2) is 32.0 Å². The number of nitrogens with one attached hydrogen (secondary N) is 1. The van der Waals surface area contributed by atoms with Gasteiger partial charge in [0.1, 0.15) is 17.3 Å². The molecule has 1 saturated heterocycles. The topological polar surface area (TPSA) is 32.3 Å². The monoisotopic (exact) mass is 240 g/mol. The zero-order chi connectivity index (χ0) is 12.4. The number of carbonyl (C=O) groups is 1. The van der Waals surface area contributed by atoms with Gasteiger partial charge in [0.05, 0.1) is 0 Å². The van der Waals surface area contributed by atoms with Gasteiger partial charge in [0.2, 0.25) is 0 Å². The van der Waals surface area contributed by atoms with Gasteiger partial charge in [-0.25, -0.2) is 8.78 Å². The van der Waals surface area contributed by atoms with Crippen LogP contribution in [0.15, 0.2) is 12.1 Å². The van der Waals surface area contributed by atoms with Crippen molar-refractivity contribution < 1.29 is 13.6 Å². The van der Waals surface area contributed by atoms with Gasteiger partial charge in [-0.05, 0) is 19.1 Å². The Balaban J connectivity index is 2.37. The van der Waals surface area contributed by atoms with Crippen LogP contribution < -0.4 is 10.2 Å². The minimum atomic E-state index is -0.669. The summed E-state index contributed by atoms with van der Waals surface area (Å²) in [6.07, 6.45) is 0. The summed E-state index contributed by atoms with van der Waals surface area (Å²) >= 11 is 0. The van der Waals surface area contributed by atoms with E-state index in [0.717, 1.165) is 12.1 Å². The molecule has 0 bridgehead atoms. The quantitative estimate of drug-likeness (QED) is 0.796. The normalized spacial score (nSPS) is 16.1. The Morgan fingerprint density at radius 1 is 1.24 bits per heavy atom. The van der Waals surface area contributed by atoms with E-state index < -0.39 is 11.6 Å². The van der Waals surface area contributed by atoms with Crippen molar-refractivity contribution in [1.29, 1.82) is 0 Å². The summed E-state index contributed by atoms with van der Waals surface area (Å²) in [5, 5.41) is 3.11. The van der Waals surface area contributed by atoms with Crippen LogP contribution in [0.1, 0.15) is 17.3 Å². The first-order chi connectivity index (χ1) is 8.09. The van der Waals surface area contributed by atoms with E-state index in [2.05, 4.69) is 5.32 Å². The molecule has 1 aliphatic rings. The first-order valence-corrected chi connectivity index (χ1v) is 5.55. The van der Waals surface area contributed by atoms with E-state index in [0.29, 0.717) is 26.2 Å². The van der Waals surface area contributed by atoms with Gasteiger partial charge in [-0.3, -0.25) is 4.79 Å². The molecule has 0 radical (unpaired) electrons. The second-order valence-corrected chi connectivity index (χ2v) is 4.08. The molecule has 17 heavy (non-hydrogen) atoms. The molecule has 3 nitrogen and oxygen atoms in total. The zero-order valence-corrected chi connectivity index (χ0v) is 9.59. The molecule has 0 aliphatic carbocycles. The van der Waals surface area contributed by atoms with Gasteiger partial charge in [0, 0.05) is 31.7 Å². The first-order valence-electron chi connectivity index (χ1n) is 5.55. The average Bonchev–Trinajstić information content (AvgIpc) is 2.29. The van der Waals surface area contributed by atoms with Gasteiger partial charge in [0.25, 0.3) is 0 Å². The summed E-state index contributed by atoms with van der Waals surface area (Å²) in [6.45, 7) is 3.82. The number of benzene rings is 1. The highest BCUT2D eigenvalue weighted by atomic mass is 19.1. The molecular formula is C12H14F2N2O. The van der Waals surface area contributed by atoms with E-state index in [9.17, 15) is 13.6 Å². The Bertz CT molecular complexity index is 419. The number of hydrogen-bond acceptors (Lipinski definition) is 3. The fourth-order valence-corrected chi connectivity index (χ4v) is 1.96. The minimum Gasteiger partial charge on any atom is -0.364 e. The summed E-state index contributed by atoms with van der Waals surface area (Å²) in [5.74, 6) is -1.68. The number of carbonyl (C=O) groups excluding carboxylic acids is 1. The molecule has 1 aromatic rings. The van der Waals surface area contributed by atoms with Crippen molar-refractivity contribution in [3.63, 3.8) is 0 Å². The Morgan fingerprint density at radius 2 is 1.76 bits per heavy atom. The Labute approximate surface area is 98.4 Å². The van der Waals surface area contributed by atoms with Crippen LogP contribution in [0, 0.1) is 11.6 Å². The number of rotatable bonds is 2. The molecule has 1 aliphatic heterocycles. The van der Waals surface area contributed by atoms with E-state index in [1.54, 1.807) is 4.90 Å². The lowest BCUT2D eigenvalue weighted by atomic mass is 10.1. The van der Waals surface area contributed by atoms with Crippen molar-refractivity contribution in [2.75, 3.05) is 31.1 Å². The maximum atomic E-state index is 13.8. The summed E-state index contributed by atoms with van der Waals surface area (Å²) in [5.41, 5.74) is 0.0374. The third kappa shape index (κ3) is 2.44. The fraction of sp³-hybridized carbons (Fsp3) is 0.417. The maximum Gasteiger partial charge on any atom is 0.160 e. The lowest BCUT2D eigenvalue weighted by Crippen LogP contribution is -2.44. The SMILES string of the molecule is CC(=O)c1cc(F)c(N2CCNCC2)c(F)c1. The van der Waals surface area contributed by atoms with E-state index in [-0.39, 0.29) is 17.0 Å². The van der Waals surface area contributed by atoms with Crippen LogP contribution in [0.4, 0.5) is 14.5 Å². The van der Waals surface area contributed by atoms with Crippen LogP contribution in [0.25, 0.3) is 0 Å². The van der Waals surface area contributed by atoms with Gasteiger partial charge >= 0.3 is 0 Å². The highest BCUT2D eigenvalue weighted by Crippen LogP contribution is 2.25. The molecule has 2 rings (SSSR count). The van der Waals surface area contributed by atoms with Gasteiger partial charge in [-0.1, -0.05) is 0 Å². The van der Waals surface area contributed by atoms with Crippen molar-refractivity contribution in [3.8, 4) is 0 Å². The van der Waals surface area contributed by atoms with Crippen molar-refractivity contribution >= 4 is 11.5 Å². The number of Topliss-reactive ketones (excluding diaryl/α,β-unsaturated/α-hetero) is 1. The smallest absolute Gasteiger partial charge is 0.160 e.